The number of amides is 1. The summed E-state index contributed by atoms with van der Waals surface area (Å²) >= 11 is 5.92. The van der Waals surface area contributed by atoms with Gasteiger partial charge in [-0.15, -0.1) is 0 Å². The number of nitrogens with zero attached hydrogens (tertiary/aromatic N) is 3. The third kappa shape index (κ3) is 3.46. The molecule has 0 spiro atoms. The van der Waals surface area contributed by atoms with Crippen LogP contribution in [0, 0.1) is 0 Å². The number of halogens is 4. The van der Waals surface area contributed by atoms with Crippen LogP contribution in [-0.2, 0) is 24.6 Å². The minimum absolute atomic E-state index is 0.0790. The Kier molecular flexibility index (Phi) is 4.38. The summed E-state index contributed by atoms with van der Waals surface area (Å²) in [5.41, 5.74) is 1.22. The van der Waals surface area contributed by atoms with Crippen LogP contribution in [0.5, 0.6) is 0 Å². The van der Waals surface area contributed by atoms with E-state index in [0.717, 1.165) is 9.13 Å². The zero-order valence-electron chi connectivity index (χ0n) is 14.7. The molecule has 0 radical (unpaired) electrons. The standard InChI is InChI=1S/C18H12ClF3N4O3/c1-25-12-4-3-10(7-11(12)24-16(25)18(20,21)22)23-15(27)8-26-13-6-9(19)2-5-14(13)29-17(26)28/h2-7H,8H2,1H3,(H,23,27). The van der Waals surface area contributed by atoms with Gasteiger partial charge in [0.05, 0.1) is 16.6 Å². The van der Waals surface area contributed by atoms with Crippen molar-refractivity contribution in [1.29, 1.82) is 0 Å². The van der Waals surface area contributed by atoms with Gasteiger partial charge in [-0.05, 0) is 36.4 Å². The summed E-state index contributed by atoms with van der Waals surface area (Å²) in [6.45, 7) is -0.361. The second kappa shape index (κ2) is 6.66. The van der Waals surface area contributed by atoms with E-state index in [2.05, 4.69) is 10.3 Å². The van der Waals surface area contributed by atoms with Gasteiger partial charge in [0, 0.05) is 17.8 Å². The number of alkyl halides is 3. The average Bonchev–Trinajstić information content (AvgIpc) is 3.12. The maximum Gasteiger partial charge on any atom is 0.449 e. The van der Waals surface area contributed by atoms with E-state index in [1.807, 2.05) is 0 Å². The predicted octanol–water partition coefficient (Wildman–Crippen LogP) is 3.79. The van der Waals surface area contributed by atoms with Crippen LogP contribution < -0.4 is 11.1 Å². The van der Waals surface area contributed by atoms with Crippen molar-refractivity contribution in [2.24, 2.45) is 7.05 Å². The van der Waals surface area contributed by atoms with Crippen LogP contribution in [0.25, 0.3) is 22.1 Å². The number of anilines is 1. The Morgan fingerprint density at radius 1 is 1.21 bits per heavy atom. The molecule has 0 aliphatic carbocycles. The molecule has 0 saturated carbocycles. The molecule has 0 saturated heterocycles. The molecule has 11 heteroatoms. The number of carbonyl (C=O) groups is 1. The number of rotatable bonds is 3. The van der Waals surface area contributed by atoms with Gasteiger partial charge in [0.15, 0.2) is 5.58 Å². The van der Waals surface area contributed by atoms with Crippen molar-refractivity contribution in [1.82, 2.24) is 14.1 Å². The lowest BCUT2D eigenvalue weighted by molar-refractivity contribution is -0.146. The zero-order valence-corrected chi connectivity index (χ0v) is 15.5. The predicted molar refractivity (Wildman–Crippen MR) is 99.8 cm³/mol. The quantitative estimate of drug-likeness (QED) is 0.542. The first-order chi connectivity index (χ1) is 13.6. The summed E-state index contributed by atoms with van der Waals surface area (Å²) in [6.07, 6.45) is -4.60. The van der Waals surface area contributed by atoms with E-state index in [1.54, 1.807) is 6.07 Å². The van der Waals surface area contributed by atoms with Crippen LogP contribution in [0.4, 0.5) is 18.9 Å². The molecule has 2 aromatic heterocycles. The van der Waals surface area contributed by atoms with Gasteiger partial charge in [0.2, 0.25) is 11.7 Å². The molecule has 0 fully saturated rings. The highest BCUT2D eigenvalue weighted by Gasteiger charge is 2.36. The molecule has 0 bridgehead atoms. The van der Waals surface area contributed by atoms with Gasteiger partial charge >= 0.3 is 11.9 Å². The van der Waals surface area contributed by atoms with Crippen molar-refractivity contribution in [3.63, 3.8) is 0 Å². The van der Waals surface area contributed by atoms with Gasteiger partial charge in [-0.2, -0.15) is 13.2 Å². The number of aromatic nitrogens is 3. The van der Waals surface area contributed by atoms with Crippen molar-refractivity contribution in [2.45, 2.75) is 12.7 Å². The number of benzene rings is 2. The van der Waals surface area contributed by atoms with Crippen LogP contribution in [-0.4, -0.2) is 20.0 Å². The highest BCUT2D eigenvalue weighted by molar-refractivity contribution is 6.31. The summed E-state index contributed by atoms with van der Waals surface area (Å²) in [5, 5.41) is 2.91. The Hall–Kier alpha value is -3.27. The molecule has 0 unspecified atom stereocenters. The lowest BCUT2D eigenvalue weighted by Gasteiger charge is -2.07. The van der Waals surface area contributed by atoms with Crippen LogP contribution in [0.2, 0.25) is 5.02 Å². The molecule has 150 valence electrons. The summed E-state index contributed by atoms with van der Waals surface area (Å²) in [5.74, 6) is -2.34. The Balaban J connectivity index is 1.61. The maximum absolute atomic E-state index is 13.0. The van der Waals surface area contributed by atoms with Crippen LogP contribution in [0.15, 0.2) is 45.6 Å². The molecular weight excluding hydrogens is 413 g/mol. The normalized spacial score (nSPS) is 12.0. The molecule has 0 atom stereocenters. The summed E-state index contributed by atoms with van der Waals surface area (Å²) in [4.78, 5) is 28.0. The van der Waals surface area contributed by atoms with E-state index in [0.29, 0.717) is 10.5 Å². The Labute approximate surface area is 165 Å². The van der Waals surface area contributed by atoms with E-state index >= 15 is 0 Å². The van der Waals surface area contributed by atoms with Crippen molar-refractivity contribution in [3.8, 4) is 0 Å². The van der Waals surface area contributed by atoms with E-state index in [1.165, 1.54) is 37.4 Å². The van der Waals surface area contributed by atoms with Crippen LogP contribution in [0.1, 0.15) is 5.82 Å². The molecular formula is C18H12ClF3N4O3. The number of hydrogen-bond acceptors (Lipinski definition) is 4. The van der Waals surface area contributed by atoms with Gasteiger partial charge in [-0.25, -0.2) is 9.78 Å². The molecule has 29 heavy (non-hydrogen) atoms. The van der Waals surface area contributed by atoms with Gasteiger partial charge in [0.1, 0.15) is 6.54 Å². The highest BCUT2D eigenvalue weighted by atomic mass is 35.5. The Morgan fingerprint density at radius 3 is 2.69 bits per heavy atom. The lowest BCUT2D eigenvalue weighted by atomic mass is 10.2. The van der Waals surface area contributed by atoms with E-state index in [4.69, 9.17) is 16.0 Å². The first kappa shape index (κ1) is 19.1. The first-order valence-corrected chi connectivity index (χ1v) is 8.64. The van der Waals surface area contributed by atoms with Crippen LogP contribution in [0.3, 0.4) is 0 Å². The fraction of sp³-hybridized carbons (Fsp3) is 0.167. The second-order valence-corrected chi connectivity index (χ2v) is 6.75. The summed E-state index contributed by atoms with van der Waals surface area (Å²) in [7, 11) is 1.26. The third-order valence-electron chi connectivity index (χ3n) is 4.35. The molecule has 2 aromatic carbocycles. The molecule has 0 aliphatic rings. The van der Waals surface area contributed by atoms with Gasteiger partial charge in [-0.3, -0.25) is 9.36 Å². The molecule has 1 N–H and O–H groups in total. The number of carbonyl (C=O) groups excluding carboxylic acids is 1. The van der Waals surface area contributed by atoms with E-state index in [-0.39, 0.29) is 28.8 Å². The minimum atomic E-state index is -4.60. The second-order valence-electron chi connectivity index (χ2n) is 6.31. The van der Waals surface area contributed by atoms with E-state index < -0.39 is 23.7 Å². The topological polar surface area (TPSA) is 82.1 Å². The average molecular weight is 425 g/mol. The number of fused-ring (bicyclic) bond motifs is 2. The van der Waals surface area contributed by atoms with Crippen molar-refractivity contribution >= 4 is 45.3 Å². The molecule has 4 rings (SSSR count). The smallest absolute Gasteiger partial charge is 0.408 e. The van der Waals surface area contributed by atoms with Gasteiger partial charge in [-0.1, -0.05) is 11.6 Å². The number of imidazole rings is 1. The lowest BCUT2D eigenvalue weighted by Crippen LogP contribution is -2.24. The molecule has 0 aliphatic heterocycles. The van der Waals surface area contributed by atoms with Gasteiger partial charge in [0.25, 0.3) is 0 Å². The van der Waals surface area contributed by atoms with Crippen molar-refractivity contribution in [2.75, 3.05) is 5.32 Å². The fourth-order valence-corrected chi connectivity index (χ4v) is 3.23. The summed E-state index contributed by atoms with van der Waals surface area (Å²) in [6, 6.07) is 8.76. The van der Waals surface area contributed by atoms with E-state index in [9.17, 15) is 22.8 Å². The summed E-state index contributed by atoms with van der Waals surface area (Å²) < 4.78 is 46.1. The van der Waals surface area contributed by atoms with Crippen molar-refractivity contribution in [3.05, 3.63) is 57.8 Å². The highest BCUT2D eigenvalue weighted by Crippen LogP contribution is 2.31. The molecule has 4 aromatic rings. The maximum atomic E-state index is 13.0. The fourth-order valence-electron chi connectivity index (χ4n) is 3.06. The number of oxazole rings is 1. The molecule has 7 nitrogen and oxygen atoms in total. The molecule has 2 heterocycles. The number of nitrogens with one attached hydrogen (secondary N) is 1. The van der Waals surface area contributed by atoms with Crippen LogP contribution >= 0.6 is 11.6 Å². The zero-order chi connectivity index (χ0) is 20.9. The minimum Gasteiger partial charge on any atom is -0.408 e. The third-order valence-corrected chi connectivity index (χ3v) is 4.58. The van der Waals surface area contributed by atoms with Crippen molar-refractivity contribution < 1.29 is 22.4 Å². The number of hydrogen-bond donors (Lipinski definition) is 1. The first-order valence-electron chi connectivity index (χ1n) is 8.26. The van der Waals surface area contributed by atoms with Gasteiger partial charge < -0.3 is 14.3 Å². The Bertz CT molecular complexity index is 1320. The largest absolute Gasteiger partial charge is 0.449 e. The monoisotopic (exact) mass is 424 g/mol. The Morgan fingerprint density at radius 2 is 1.97 bits per heavy atom. The molecule has 1 amide bonds. The SMILES string of the molecule is Cn1c(C(F)(F)F)nc2cc(NC(=O)Cn3c(=O)oc4ccc(Cl)cc43)ccc21. The number of aryl methyl sites for hydroxylation is 1.